The van der Waals surface area contributed by atoms with Crippen LogP contribution in [0.15, 0.2) is 35.3 Å². The number of carbonyl (C=O) groups excluding carboxylic acids is 1. The van der Waals surface area contributed by atoms with Gasteiger partial charge in [-0.25, -0.2) is 4.79 Å². The zero-order valence-corrected chi connectivity index (χ0v) is 12.9. The standard InChI is InChI=1S/C16H16F3N3O2/c1-21-9-13(20-15(21)24)14(23)22(11-6-7-11)8-10-4-2-3-5-12(10)16(17,18)19/h2-5,9,11H,6-8H2,1H3,(H,20,24). The third kappa shape index (κ3) is 3.22. The number of aromatic nitrogens is 2. The van der Waals surface area contributed by atoms with Gasteiger partial charge in [-0.05, 0) is 24.5 Å². The van der Waals surface area contributed by atoms with E-state index in [9.17, 15) is 22.8 Å². The molecule has 128 valence electrons. The van der Waals surface area contributed by atoms with Crippen LogP contribution in [0.2, 0.25) is 0 Å². The van der Waals surface area contributed by atoms with Crippen molar-refractivity contribution in [3.8, 4) is 0 Å². The van der Waals surface area contributed by atoms with Gasteiger partial charge in [0.15, 0.2) is 0 Å². The van der Waals surface area contributed by atoms with Crippen molar-refractivity contribution in [1.82, 2.24) is 14.5 Å². The molecule has 1 saturated carbocycles. The fraction of sp³-hybridized carbons (Fsp3) is 0.375. The van der Waals surface area contributed by atoms with Gasteiger partial charge in [-0.1, -0.05) is 18.2 Å². The van der Waals surface area contributed by atoms with Crippen molar-refractivity contribution in [3.63, 3.8) is 0 Å². The third-order valence-electron chi connectivity index (χ3n) is 4.03. The van der Waals surface area contributed by atoms with Gasteiger partial charge >= 0.3 is 11.9 Å². The van der Waals surface area contributed by atoms with Crippen LogP contribution >= 0.6 is 0 Å². The van der Waals surface area contributed by atoms with Gasteiger partial charge < -0.3 is 14.5 Å². The van der Waals surface area contributed by atoms with Crippen LogP contribution < -0.4 is 5.69 Å². The highest BCUT2D eigenvalue weighted by atomic mass is 19.4. The molecule has 2 aromatic rings. The molecule has 1 aliphatic carbocycles. The molecule has 0 aliphatic heterocycles. The first-order valence-electron chi connectivity index (χ1n) is 7.49. The van der Waals surface area contributed by atoms with E-state index in [1.807, 2.05) is 0 Å². The quantitative estimate of drug-likeness (QED) is 0.931. The minimum absolute atomic E-state index is 0.0449. The molecule has 0 saturated heterocycles. The molecule has 1 amide bonds. The molecule has 1 aliphatic rings. The number of aromatic amines is 1. The van der Waals surface area contributed by atoms with Crippen molar-refractivity contribution in [2.24, 2.45) is 7.05 Å². The lowest BCUT2D eigenvalue weighted by Gasteiger charge is -2.23. The Morgan fingerprint density at radius 3 is 2.54 bits per heavy atom. The van der Waals surface area contributed by atoms with Gasteiger partial charge in [0, 0.05) is 25.8 Å². The van der Waals surface area contributed by atoms with E-state index < -0.39 is 23.3 Å². The molecule has 1 N–H and O–H groups in total. The monoisotopic (exact) mass is 339 g/mol. The minimum atomic E-state index is -4.48. The second-order valence-corrected chi connectivity index (χ2v) is 5.90. The Morgan fingerprint density at radius 2 is 2.00 bits per heavy atom. The summed E-state index contributed by atoms with van der Waals surface area (Å²) in [7, 11) is 1.50. The van der Waals surface area contributed by atoms with E-state index in [0.717, 1.165) is 18.9 Å². The first kappa shape index (κ1) is 16.4. The number of rotatable bonds is 4. The molecule has 0 atom stereocenters. The van der Waals surface area contributed by atoms with Crippen LogP contribution in [-0.2, 0) is 19.8 Å². The van der Waals surface area contributed by atoms with E-state index in [4.69, 9.17) is 0 Å². The largest absolute Gasteiger partial charge is 0.416 e. The lowest BCUT2D eigenvalue weighted by Crippen LogP contribution is -2.33. The average Bonchev–Trinajstić information content (AvgIpc) is 3.30. The molecule has 1 aromatic heterocycles. The summed E-state index contributed by atoms with van der Waals surface area (Å²) in [4.78, 5) is 27.9. The molecule has 24 heavy (non-hydrogen) atoms. The van der Waals surface area contributed by atoms with E-state index in [2.05, 4.69) is 4.98 Å². The zero-order chi connectivity index (χ0) is 17.5. The van der Waals surface area contributed by atoms with Gasteiger partial charge in [0.25, 0.3) is 5.91 Å². The first-order chi connectivity index (χ1) is 11.3. The molecule has 1 aromatic carbocycles. The number of hydrogen-bond donors (Lipinski definition) is 1. The van der Waals surface area contributed by atoms with E-state index in [-0.39, 0.29) is 23.8 Å². The highest BCUT2D eigenvalue weighted by molar-refractivity contribution is 5.92. The van der Waals surface area contributed by atoms with Crippen molar-refractivity contribution in [1.29, 1.82) is 0 Å². The lowest BCUT2D eigenvalue weighted by molar-refractivity contribution is -0.138. The lowest BCUT2D eigenvalue weighted by atomic mass is 10.1. The Labute approximate surface area is 135 Å². The molecule has 0 bridgehead atoms. The number of benzene rings is 1. The molecule has 8 heteroatoms. The summed E-state index contributed by atoms with van der Waals surface area (Å²) in [6, 6.07) is 5.13. The smallest absolute Gasteiger partial charge is 0.330 e. The first-order valence-corrected chi connectivity index (χ1v) is 7.49. The summed E-state index contributed by atoms with van der Waals surface area (Å²) >= 11 is 0. The summed E-state index contributed by atoms with van der Waals surface area (Å²) in [6.07, 6.45) is -1.63. The Kier molecular flexibility index (Phi) is 3.98. The highest BCUT2D eigenvalue weighted by Gasteiger charge is 2.37. The third-order valence-corrected chi connectivity index (χ3v) is 4.03. The van der Waals surface area contributed by atoms with Crippen LogP contribution in [0.25, 0.3) is 0 Å². The summed E-state index contributed by atoms with van der Waals surface area (Å²) in [6.45, 7) is -0.143. The maximum Gasteiger partial charge on any atom is 0.416 e. The predicted octanol–water partition coefficient (Wildman–Crippen LogP) is 2.54. The van der Waals surface area contributed by atoms with Crippen molar-refractivity contribution in [2.45, 2.75) is 31.6 Å². The molecule has 1 fully saturated rings. The number of halogens is 3. The SMILES string of the molecule is Cn1cc(C(=O)N(Cc2ccccc2C(F)(F)F)C2CC2)[nH]c1=O. The number of carbonyl (C=O) groups is 1. The van der Waals surface area contributed by atoms with Crippen LogP contribution in [-0.4, -0.2) is 26.4 Å². The predicted molar refractivity (Wildman–Crippen MR) is 80.4 cm³/mol. The van der Waals surface area contributed by atoms with Crippen LogP contribution in [0.3, 0.4) is 0 Å². The van der Waals surface area contributed by atoms with Crippen LogP contribution in [0.5, 0.6) is 0 Å². The van der Waals surface area contributed by atoms with Crippen molar-refractivity contribution >= 4 is 5.91 Å². The second-order valence-electron chi connectivity index (χ2n) is 5.90. The molecule has 0 spiro atoms. The number of nitrogens with zero attached hydrogens (tertiary/aromatic N) is 2. The maximum absolute atomic E-state index is 13.1. The molecule has 0 unspecified atom stereocenters. The van der Waals surface area contributed by atoms with Crippen molar-refractivity contribution in [3.05, 3.63) is 57.8 Å². The number of imidazole rings is 1. The number of aryl methyl sites for hydroxylation is 1. The number of nitrogens with one attached hydrogen (secondary N) is 1. The Hall–Kier alpha value is -2.51. The van der Waals surface area contributed by atoms with Gasteiger partial charge in [0.05, 0.1) is 5.56 Å². The highest BCUT2D eigenvalue weighted by Crippen LogP contribution is 2.35. The number of H-pyrrole nitrogens is 1. The fourth-order valence-corrected chi connectivity index (χ4v) is 2.62. The molecule has 1 heterocycles. The Morgan fingerprint density at radius 1 is 1.33 bits per heavy atom. The van der Waals surface area contributed by atoms with Gasteiger partial charge in [-0.15, -0.1) is 0 Å². The molecule has 3 rings (SSSR count). The van der Waals surface area contributed by atoms with E-state index in [1.165, 1.54) is 40.9 Å². The maximum atomic E-state index is 13.1. The Balaban J connectivity index is 1.91. The summed E-state index contributed by atoms with van der Waals surface area (Å²) in [5.41, 5.74) is -1.06. The number of amides is 1. The molecular weight excluding hydrogens is 323 g/mol. The normalized spacial score (nSPS) is 14.7. The fourth-order valence-electron chi connectivity index (χ4n) is 2.62. The number of hydrogen-bond acceptors (Lipinski definition) is 2. The van der Waals surface area contributed by atoms with Crippen molar-refractivity contribution < 1.29 is 18.0 Å². The minimum Gasteiger partial charge on any atom is -0.330 e. The summed E-state index contributed by atoms with van der Waals surface area (Å²) in [5.74, 6) is -0.466. The topological polar surface area (TPSA) is 58.1 Å². The zero-order valence-electron chi connectivity index (χ0n) is 12.9. The van der Waals surface area contributed by atoms with E-state index >= 15 is 0 Å². The summed E-state index contributed by atoms with van der Waals surface area (Å²) in [5, 5.41) is 0. The summed E-state index contributed by atoms with van der Waals surface area (Å²) < 4.78 is 40.6. The van der Waals surface area contributed by atoms with Gasteiger partial charge in [0.1, 0.15) is 5.69 Å². The van der Waals surface area contributed by atoms with Gasteiger partial charge in [-0.3, -0.25) is 4.79 Å². The van der Waals surface area contributed by atoms with Crippen LogP contribution in [0.4, 0.5) is 13.2 Å². The second kappa shape index (κ2) is 5.85. The van der Waals surface area contributed by atoms with Crippen LogP contribution in [0.1, 0.15) is 34.5 Å². The molecule has 0 radical (unpaired) electrons. The molecule has 5 nitrogen and oxygen atoms in total. The van der Waals surface area contributed by atoms with Crippen LogP contribution in [0, 0.1) is 0 Å². The van der Waals surface area contributed by atoms with E-state index in [1.54, 1.807) is 0 Å². The molecular formula is C16H16F3N3O2. The average molecular weight is 339 g/mol. The van der Waals surface area contributed by atoms with Crippen molar-refractivity contribution in [2.75, 3.05) is 0 Å². The Bertz CT molecular complexity index is 818. The van der Waals surface area contributed by atoms with Gasteiger partial charge in [-0.2, -0.15) is 13.2 Å². The van der Waals surface area contributed by atoms with Gasteiger partial charge in [0.2, 0.25) is 0 Å². The van der Waals surface area contributed by atoms with E-state index in [0.29, 0.717) is 0 Å². The number of alkyl halides is 3.